The average molecular weight is 1070 g/mol. The summed E-state index contributed by atoms with van der Waals surface area (Å²) in [5.41, 5.74) is 15.5. The number of alkyl halides is 3. The molecule has 0 spiro atoms. The third-order valence-electron chi connectivity index (χ3n) is 15.7. The molecule has 7 nitrogen and oxygen atoms in total. The molecule has 11 aromatic carbocycles. The maximum atomic E-state index is 14.4. The number of fused-ring (bicyclic) bond motifs is 6. The van der Waals surface area contributed by atoms with Crippen molar-refractivity contribution in [1.82, 2.24) is 9.13 Å². The molecule has 0 aliphatic carbocycles. The highest BCUT2D eigenvalue weighted by molar-refractivity contribution is 6.14. The van der Waals surface area contributed by atoms with Crippen LogP contribution in [0.2, 0.25) is 0 Å². The number of aromatic nitrogens is 2. The Bertz CT molecular complexity index is 4890. The Kier molecular flexibility index (Phi) is 12.3. The summed E-state index contributed by atoms with van der Waals surface area (Å²) in [6, 6.07) is 78.8. The van der Waals surface area contributed by atoms with Gasteiger partial charge in [0, 0.05) is 32.8 Å². The van der Waals surface area contributed by atoms with Gasteiger partial charge >= 0.3 is 6.18 Å². The zero-order valence-electron chi connectivity index (χ0n) is 44.1. The number of benzene rings is 11. The molecule has 0 saturated heterocycles. The Morgan fingerprint density at radius 1 is 0.386 bits per heavy atom. The molecule has 0 amide bonds. The van der Waals surface area contributed by atoms with Crippen molar-refractivity contribution < 1.29 is 13.2 Å². The largest absolute Gasteiger partial charge is 0.416 e. The molecule has 0 saturated carbocycles. The highest BCUT2D eigenvalue weighted by Crippen LogP contribution is 2.46. The lowest BCUT2D eigenvalue weighted by Crippen LogP contribution is -2.05. The molecule has 13 rings (SSSR count). The van der Waals surface area contributed by atoms with Gasteiger partial charge in [0.25, 0.3) is 0 Å². The van der Waals surface area contributed by atoms with Crippen molar-refractivity contribution >= 4 is 49.3 Å². The van der Waals surface area contributed by atoms with E-state index < -0.39 is 11.7 Å². The van der Waals surface area contributed by atoms with Gasteiger partial charge in [-0.25, -0.2) is 4.85 Å². The van der Waals surface area contributed by atoms with Gasteiger partial charge in [-0.3, -0.25) is 0 Å². The summed E-state index contributed by atoms with van der Waals surface area (Å²) in [5.74, 6) is 0. The number of nitrogens with zero attached hydrogens (tertiary/aromatic N) is 7. The lowest BCUT2D eigenvalue weighted by molar-refractivity contribution is -0.137. The first-order valence-corrected chi connectivity index (χ1v) is 26.5. The zero-order valence-corrected chi connectivity index (χ0v) is 44.1. The third-order valence-corrected chi connectivity index (χ3v) is 15.7. The van der Waals surface area contributed by atoms with E-state index in [-0.39, 0.29) is 0 Å². The van der Waals surface area contributed by atoms with Crippen LogP contribution in [-0.4, -0.2) is 9.13 Å². The molecule has 83 heavy (non-hydrogen) atoms. The van der Waals surface area contributed by atoms with Gasteiger partial charge in [0.05, 0.1) is 86.4 Å². The molecule has 0 N–H and O–H groups in total. The van der Waals surface area contributed by atoms with Crippen LogP contribution in [0.15, 0.2) is 224 Å². The fraction of sp³-hybridized carbons (Fsp3) is 0.0274. The number of rotatable bonds is 8. The molecular formula is C73H40F3N7. The van der Waals surface area contributed by atoms with Gasteiger partial charge in [0.15, 0.2) is 5.69 Å². The average Bonchev–Trinajstić information content (AvgIpc) is 2.55. The molecule has 0 aliphatic rings. The molecule has 2 aromatic heterocycles. The number of para-hydroxylation sites is 1. The van der Waals surface area contributed by atoms with Gasteiger partial charge in [-0.2, -0.15) is 34.2 Å². The van der Waals surface area contributed by atoms with E-state index in [2.05, 4.69) is 62.5 Å². The van der Waals surface area contributed by atoms with Gasteiger partial charge < -0.3 is 9.13 Å². The summed E-state index contributed by atoms with van der Waals surface area (Å²) in [6.45, 7) is 9.68. The molecule has 13 aromatic rings. The van der Waals surface area contributed by atoms with Crippen molar-refractivity contribution in [3.05, 3.63) is 269 Å². The van der Waals surface area contributed by atoms with Crippen molar-refractivity contribution in [2.45, 2.75) is 13.1 Å². The molecule has 2 heterocycles. The molecule has 0 aliphatic heterocycles. The quantitative estimate of drug-likeness (QED) is 0.141. The summed E-state index contributed by atoms with van der Waals surface area (Å²) >= 11 is 0. The topological polar surface area (TPSA) is 109 Å². The highest BCUT2D eigenvalue weighted by atomic mass is 19.4. The summed E-state index contributed by atoms with van der Waals surface area (Å²) in [7, 11) is 0. The lowest BCUT2D eigenvalue weighted by atomic mass is 9.89. The van der Waals surface area contributed by atoms with Crippen LogP contribution in [0.25, 0.3) is 127 Å². The molecule has 0 bridgehead atoms. The van der Waals surface area contributed by atoms with Crippen LogP contribution in [-0.2, 0) is 6.18 Å². The van der Waals surface area contributed by atoms with Gasteiger partial charge in [0.1, 0.15) is 0 Å². The Labute approximate surface area is 475 Å². The van der Waals surface area contributed by atoms with Crippen molar-refractivity contribution in [3.63, 3.8) is 0 Å². The summed E-state index contributed by atoms with van der Waals surface area (Å²) in [4.78, 5) is 3.84. The predicted octanol–water partition coefficient (Wildman–Crippen LogP) is 19.2. The normalized spacial score (nSPS) is 11.3. The van der Waals surface area contributed by atoms with Crippen LogP contribution in [0.4, 0.5) is 18.9 Å². The van der Waals surface area contributed by atoms with Gasteiger partial charge in [0.2, 0.25) is 0 Å². The van der Waals surface area contributed by atoms with E-state index in [1.165, 1.54) is 6.07 Å². The monoisotopic (exact) mass is 1070 g/mol. The van der Waals surface area contributed by atoms with E-state index in [1.807, 2.05) is 152 Å². The second kappa shape index (κ2) is 20.2. The predicted molar refractivity (Wildman–Crippen MR) is 323 cm³/mol. The smallest absolute Gasteiger partial charge is 0.309 e. The first-order valence-electron chi connectivity index (χ1n) is 26.5. The second-order valence-electron chi connectivity index (χ2n) is 20.3. The van der Waals surface area contributed by atoms with Crippen molar-refractivity contribution in [3.8, 4) is 102 Å². The second-order valence-corrected chi connectivity index (χ2v) is 20.3. The maximum Gasteiger partial charge on any atom is 0.416 e. The Morgan fingerprint density at radius 2 is 0.831 bits per heavy atom. The van der Waals surface area contributed by atoms with Crippen LogP contribution in [0.5, 0.6) is 0 Å². The number of halogens is 3. The maximum absolute atomic E-state index is 14.4. The van der Waals surface area contributed by atoms with Crippen LogP contribution in [0.1, 0.15) is 33.4 Å². The van der Waals surface area contributed by atoms with E-state index in [1.54, 1.807) is 37.3 Å². The molecule has 0 atom stereocenters. The first-order chi connectivity index (χ1) is 40.5. The lowest BCUT2D eigenvalue weighted by Gasteiger charge is -2.21. The molecular weight excluding hydrogens is 1030 g/mol. The minimum Gasteiger partial charge on any atom is -0.309 e. The van der Waals surface area contributed by atoms with Crippen LogP contribution in [0, 0.1) is 58.8 Å². The molecule has 10 heteroatoms. The number of nitriles is 4. The molecule has 388 valence electrons. The zero-order chi connectivity index (χ0) is 57.1. The summed E-state index contributed by atoms with van der Waals surface area (Å²) < 4.78 is 47.5. The fourth-order valence-electron chi connectivity index (χ4n) is 11.9. The van der Waals surface area contributed by atoms with Gasteiger partial charge in [-0.1, -0.05) is 115 Å². The standard InChI is InChI=1S/C73H40F3N7/c1-44-33-53(73(74,75)76)24-26-55(44)60-27-25-54(82-68-29-20-46(56-14-6-3-11-50(56)41-78)35-63(68)64-38-49(23-30-69(64)82)59-17-9-10-18-67(59)81-2)39-61(60)62-34-45(40-77)19-28-70(62)83-71-31-21-47(57-15-7-4-12-51(57)42-79)36-65(71)66-37-48(22-32-72(66)83)58-16-8-5-13-52(58)43-80/h3-39H,1H3. The Morgan fingerprint density at radius 3 is 1.29 bits per heavy atom. The number of aryl methyl sites for hydroxylation is 1. The van der Waals surface area contributed by atoms with Crippen molar-refractivity contribution in [2.75, 3.05) is 0 Å². The van der Waals surface area contributed by atoms with Crippen LogP contribution < -0.4 is 0 Å². The van der Waals surface area contributed by atoms with E-state index in [0.717, 1.165) is 100 Å². The van der Waals surface area contributed by atoms with Crippen molar-refractivity contribution in [1.29, 1.82) is 21.0 Å². The van der Waals surface area contributed by atoms with Crippen LogP contribution >= 0.6 is 0 Å². The Hall–Kier alpha value is -11.7. The third kappa shape index (κ3) is 8.59. The minimum absolute atomic E-state index is 0.352. The highest BCUT2D eigenvalue weighted by Gasteiger charge is 2.31. The van der Waals surface area contributed by atoms with Crippen LogP contribution in [0.3, 0.4) is 0 Å². The van der Waals surface area contributed by atoms with E-state index in [0.29, 0.717) is 67.1 Å². The van der Waals surface area contributed by atoms with E-state index in [9.17, 15) is 34.2 Å². The molecule has 0 unspecified atom stereocenters. The molecule has 0 fully saturated rings. The number of hydrogen-bond donors (Lipinski definition) is 0. The first kappa shape index (κ1) is 50.7. The summed E-state index contributed by atoms with van der Waals surface area (Å²) in [6.07, 6.45) is -4.58. The van der Waals surface area contributed by atoms with E-state index >= 15 is 0 Å². The minimum atomic E-state index is -4.58. The fourth-order valence-corrected chi connectivity index (χ4v) is 11.9. The molecule has 0 radical (unpaired) electrons. The van der Waals surface area contributed by atoms with Gasteiger partial charge in [-0.05, 0) is 183 Å². The Balaban J connectivity index is 1.11. The van der Waals surface area contributed by atoms with E-state index in [4.69, 9.17) is 6.57 Å². The SMILES string of the molecule is [C-]#[N+]c1ccccc1-c1ccc2c(c1)c1cc(-c3ccccc3C#N)ccc1n2-c1ccc(-c2ccc(C(F)(F)F)cc2C)c(-c2cc(C#N)ccc2-n2c3ccc(-c4ccccc4C#N)cc3c3cc(-c4ccccc4C#N)ccc32)c1. The summed E-state index contributed by atoms with van der Waals surface area (Å²) in [5, 5.41) is 44.9. The van der Waals surface area contributed by atoms with Crippen molar-refractivity contribution in [2.24, 2.45) is 0 Å². The van der Waals surface area contributed by atoms with Gasteiger partial charge in [-0.15, -0.1) is 0 Å². The number of hydrogen-bond acceptors (Lipinski definition) is 4.